The third-order valence-corrected chi connectivity index (χ3v) is 3.00. The number of carboxylic acid groups (broad SMARTS) is 1. The number of carboxylic acids is 1. The monoisotopic (exact) mass is 277 g/mol. The Balaban J connectivity index is 1.76. The smallest absolute Gasteiger partial charge is 0.303 e. The number of anilines is 1. The molecule has 2 rings (SSSR count). The predicted octanol–water partition coefficient (Wildman–Crippen LogP) is 1.88. The van der Waals surface area contributed by atoms with Crippen LogP contribution in [-0.4, -0.2) is 37.2 Å². The summed E-state index contributed by atoms with van der Waals surface area (Å²) in [6.07, 6.45) is 5.45. The van der Waals surface area contributed by atoms with Gasteiger partial charge in [0.1, 0.15) is 12.1 Å². The molecule has 108 valence electrons. The molecule has 2 aromatic rings. The fourth-order valence-electron chi connectivity index (χ4n) is 2.03. The van der Waals surface area contributed by atoms with Gasteiger partial charge in [-0.15, -0.1) is 0 Å². The van der Waals surface area contributed by atoms with Gasteiger partial charge in [0, 0.05) is 24.7 Å². The van der Waals surface area contributed by atoms with Gasteiger partial charge in [-0.25, -0.2) is 4.98 Å². The van der Waals surface area contributed by atoms with E-state index in [0.29, 0.717) is 5.78 Å². The van der Waals surface area contributed by atoms with Crippen LogP contribution in [0.1, 0.15) is 37.8 Å². The lowest BCUT2D eigenvalue weighted by Gasteiger charge is -2.08. The van der Waals surface area contributed by atoms with Crippen molar-refractivity contribution in [3.05, 3.63) is 18.1 Å². The van der Waals surface area contributed by atoms with Crippen molar-refractivity contribution in [2.75, 3.05) is 11.9 Å². The Labute approximate surface area is 117 Å². The first-order valence-electron chi connectivity index (χ1n) is 6.80. The van der Waals surface area contributed by atoms with E-state index in [4.69, 9.17) is 5.11 Å². The largest absolute Gasteiger partial charge is 0.481 e. The molecule has 0 atom stereocenters. The van der Waals surface area contributed by atoms with Crippen LogP contribution in [0.3, 0.4) is 0 Å². The number of aromatic nitrogens is 4. The Bertz CT molecular complexity index is 581. The van der Waals surface area contributed by atoms with Crippen LogP contribution in [0.4, 0.5) is 5.82 Å². The van der Waals surface area contributed by atoms with Crippen molar-refractivity contribution in [3.8, 4) is 0 Å². The molecule has 0 saturated heterocycles. The lowest BCUT2D eigenvalue weighted by Crippen LogP contribution is -2.08. The molecule has 0 aliphatic heterocycles. The number of unbranched alkanes of at least 4 members (excludes halogenated alkanes) is 3. The van der Waals surface area contributed by atoms with Gasteiger partial charge in [0.25, 0.3) is 5.78 Å². The molecule has 2 aromatic heterocycles. The minimum atomic E-state index is -0.719. The highest BCUT2D eigenvalue weighted by atomic mass is 16.4. The summed E-state index contributed by atoms with van der Waals surface area (Å²) in [5.41, 5.74) is 0.898. The van der Waals surface area contributed by atoms with Gasteiger partial charge in [0.15, 0.2) is 0 Å². The zero-order valence-corrected chi connectivity index (χ0v) is 11.5. The fraction of sp³-hybridized carbons (Fsp3) is 0.538. The van der Waals surface area contributed by atoms with Gasteiger partial charge in [-0.3, -0.25) is 4.79 Å². The molecule has 0 spiro atoms. The average molecular weight is 277 g/mol. The Morgan fingerprint density at radius 1 is 1.35 bits per heavy atom. The van der Waals surface area contributed by atoms with Crippen molar-refractivity contribution >= 4 is 17.6 Å². The fourth-order valence-corrected chi connectivity index (χ4v) is 2.03. The van der Waals surface area contributed by atoms with Gasteiger partial charge < -0.3 is 10.4 Å². The molecule has 0 aromatic carbocycles. The van der Waals surface area contributed by atoms with Crippen LogP contribution in [-0.2, 0) is 4.79 Å². The molecule has 2 heterocycles. The van der Waals surface area contributed by atoms with E-state index in [0.717, 1.165) is 43.7 Å². The number of nitrogens with one attached hydrogen (secondary N) is 1. The molecular formula is C13H19N5O2. The number of hydrogen-bond donors (Lipinski definition) is 2. The van der Waals surface area contributed by atoms with Gasteiger partial charge in [-0.2, -0.15) is 14.6 Å². The summed E-state index contributed by atoms with van der Waals surface area (Å²) in [6, 6.07) is 1.94. The third-order valence-electron chi connectivity index (χ3n) is 3.00. The van der Waals surface area contributed by atoms with Crippen LogP contribution in [0, 0.1) is 6.92 Å². The third kappa shape index (κ3) is 3.91. The number of fused-ring (bicyclic) bond motifs is 1. The average Bonchev–Trinajstić information content (AvgIpc) is 2.85. The van der Waals surface area contributed by atoms with Crippen LogP contribution < -0.4 is 5.32 Å². The zero-order valence-electron chi connectivity index (χ0n) is 11.5. The second-order valence-corrected chi connectivity index (χ2v) is 4.74. The van der Waals surface area contributed by atoms with E-state index in [-0.39, 0.29) is 6.42 Å². The molecule has 0 saturated carbocycles. The topological polar surface area (TPSA) is 92.4 Å². The normalized spacial score (nSPS) is 10.8. The summed E-state index contributed by atoms with van der Waals surface area (Å²) >= 11 is 0. The van der Waals surface area contributed by atoms with Crippen molar-refractivity contribution in [1.29, 1.82) is 0 Å². The van der Waals surface area contributed by atoms with E-state index in [1.807, 2.05) is 13.0 Å². The number of hydrogen-bond acceptors (Lipinski definition) is 5. The van der Waals surface area contributed by atoms with E-state index >= 15 is 0 Å². The van der Waals surface area contributed by atoms with Crippen molar-refractivity contribution in [2.45, 2.75) is 39.0 Å². The minimum absolute atomic E-state index is 0.260. The molecule has 7 nitrogen and oxygen atoms in total. The number of rotatable bonds is 8. The first kappa shape index (κ1) is 14.2. The first-order chi connectivity index (χ1) is 9.66. The van der Waals surface area contributed by atoms with Gasteiger partial charge in [0.05, 0.1) is 0 Å². The number of nitrogens with zero attached hydrogens (tertiary/aromatic N) is 4. The van der Waals surface area contributed by atoms with Crippen LogP contribution in [0.5, 0.6) is 0 Å². The molecular weight excluding hydrogens is 258 g/mol. The molecule has 2 N–H and O–H groups in total. The van der Waals surface area contributed by atoms with Crippen LogP contribution in [0.15, 0.2) is 12.4 Å². The highest BCUT2D eigenvalue weighted by molar-refractivity contribution is 5.66. The van der Waals surface area contributed by atoms with Crippen molar-refractivity contribution < 1.29 is 9.90 Å². The van der Waals surface area contributed by atoms with E-state index in [1.165, 1.54) is 6.33 Å². The SMILES string of the molecule is Cc1cc(NCCCCCCC(=O)O)n2ncnc2n1. The number of aryl methyl sites for hydroxylation is 1. The standard InChI is InChI=1S/C13H19N5O2/c1-10-8-11(18-13(17-10)15-9-16-18)14-7-5-3-2-4-6-12(19)20/h8-9,14H,2-7H2,1H3,(H,19,20). The second kappa shape index (κ2) is 6.83. The summed E-state index contributed by atoms with van der Waals surface area (Å²) in [5.74, 6) is 0.758. The highest BCUT2D eigenvalue weighted by Gasteiger charge is 2.04. The quantitative estimate of drug-likeness (QED) is 0.716. The Hall–Kier alpha value is -2.18. The number of aliphatic carboxylic acids is 1. The second-order valence-electron chi connectivity index (χ2n) is 4.74. The molecule has 0 fully saturated rings. The molecule has 0 amide bonds. The summed E-state index contributed by atoms with van der Waals surface area (Å²) in [5, 5.41) is 16.0. The molecule has 0 unspecified atom stereocenters. The highest BCUT2D eigenvalue weighted by Crippen LogP contribution is 2.10. The van der Waals surface area contributed by atoms with E-state index in [9.17, 15) is 4.79 Å². The van der Waals surface area contributed by atoms with E-state index < -0.39 is 5.97 Å². The van der Waals surface area contributed by atoms with Crippen molar-refractivity contribution in [1.82, 2.24) is 19.6 Å². The van der Waals surface area contributed by atoms with Crippen LogP contribution in [0.2, 0.25) is 0 Å². The number of carbonyl (C=O) groups is 1. The zero-order chi connectivity index (χ0) is 14.4. The minimum Gasteiger partial charge on any atom is -0.481 e. The lowest BCUT2D eigenvalue weighted by atomic mass is 10.1. The first-order valence-corrected chi connectivity index (χ1v) is 6.80. The van der Waals surface area contributed by atoms with Gasteiger partial charge in [-0.1, -0.05) is 12.8 Å². The lowest BCUT2D eigenvalue weighted by molar-refractivity contribution is -0.137. The molecule has 7 heteroatoms. The summed E-state index contributed by atoms with van der Waals surface area (Å²) < 4.78 is 1.68. The maximum Gasteiger partial charge on any atom is 0.303 e. The van der Waals surface area contributed by atoms with E-state index in [2.05, 4.69) is 20.4 Å². The van der Waals surface area contributed by atoms with Crippen LogP contribution in [0.25, 0.3) is 5.78 Å². The molecule has 0 radical (unpaired) electrons. The molecule has 0 aliphatic rings. The maximum atomic E-state index is 10.4. The maximum absolute atomic E-state index is 10.4. The molecule has 0 aliphatic carbocycles. The Morgan fingerprint density at radius 3 is 2.95 bits per heavy atom. The Kier molecular flexibility index (Phi) is 4.86. The van der Waals surface area contributed by atoms with Crippen molar-refractivity contribution in [3.63, 3.8) is 0 Å². The summed E-state index contributed by atoms with van der Waals surface area (Å²) in [7, 11) is 0. The van der Waals surface area contributed by atoms with Gasteiger partial charge in [-0.05, 0) is 19.8 Å². The van der Waals surface area contributed by atoms with Crippen LogP contribution >= 0.6 is 0 Å². The van der Waals surface area contributed by atoms with Gasteiger partial charge >= 0.3 is 5.97 Å². The van der Waals surface area contributed by atoms with Gasteiger partial charge in [0.2, 0.25) is 0 Å². The summed E-state index contributed by atoms with van der Waals surface area (Å²) in [4.78, 5) is 18.7. The van der Waals surface area contributed by atoms with Crippen molar-refractivity contribution in [2.24, 2.45) is 0 Å². The predicted molar refractivity (Wildman–Crippen MR) is 74.7 cm³/mol. The van der Waals surface area contributed by atoms with E-state index in [1.54, 1.807) is 4.52 Å². The summed E-state index contributed by atoms with van der Waals surface area (Å²) in [6.45, 7) is 2.75. The Morgan fingerprint density at radius 2 is 2.15 bits per heavy atom. The molecule has 20 heavy (non-hydrogen) atoms. The molecule has 0 bridgehead atoms.